The Hall–Kier alpha value is -2.50. The Morgan fingerprint density at radius 3 is 2.56 bits per heavy atom. The van der Waals surface area contributed by atoms with Crippen LogP contribution in [0, 0.1) is 11.6 Å². The summed E-state index contributed by atoms with van der Waals surface area (Å²) < 4.78 is 26.5. The first-order chi connectivity index (χ1) is 12.0. The van der Waals surface area contributed by atoms with E-state index in [2.05, 4.69) is 10.3 Å². The summed E-state index contributed by atoms with van der Waals surface area (Å²) in [5.74, 6) is -1.81. The number of nitrogens with zero attached hydrogens (tertiary/aromatic N) is 2. The molecule has 1 aliphatic carbocycles. The highest BCUT2D eigenvalue weighted by Crippen LogP contribution is 2.34. The van der Waals surface area contributed by atoms with E-state index in [1.54, 1.807) is 18.0 Å². The third-order valence-corrected chi connectivity index (χ3v) is 4.49. The second-order valence-electron chi connectivity index (χ2n) is 6.41. The summed E-state index contributed by atoms with van der Waals surface area (Å²) in [7, 11) is 0. The number of pyridine rings is 1. The van der Waals surface area contributed by atoms with Crippen LogP contribution in [-0.4, -0.2) is 22.0 Å². The minimum absolute atomic E-state index is 0.161. The zero-order valence-electron chi connectivity index (χ0n) is 14.2. The van der Waals surface area contributed by atoms with Crippen LogP contribution < -0.4 is 5.32 Å². The molecule has 25 heavy (non-hydrogen) atoms. The van der Waals surface area contributed by atoms with Gasteiger partial charge in [-0.15, -0.1) is 0 Å². The molecular formula is C19H21F2N3O. The molecule has 1 N–H and O–H groups in total. The van der Waals surface area contributed by atoms with Crippen molar-refractivity contribution in [3.63, 3.8) is 0 Å². The third-order valence-electron chi connectivity index (χ3n) is 4.49. The van der Waals surface area contributed by atoms with Crippen molar-refractivity contribution >= 4 is 6.03 Å². The fraction of sp³-hybridized carbons (Fsp3) is 0.368. The van der Waals surface area contributed by atoms with E-state index in [4.69, 9.17) is 0 Å². The van der Waals surface area contributed by atoms with Crippen LogP contribution in [0.25, 0.3) is 0 Å². The number of hydrogen-bond donors (Lipinski definition) is 1. The number of aromatic nitrogens is 1. The Morgan fingerprint density at radius 2 is 1.96 bits per heavy atom. The number of amides is 2. The first-order valence-electron chi connectivity index (χ1n) is 8.42. The molecule has 4 nitrogen and oxygen atoms in total. The van der Waals surface area contributed by atoms with E-state index in [-0.39, 0.29) is 18.1 Å². The Morgan fingerprint density at radius 1 is 1.20 bits per heavy atom. The summed E-state index contributed by atoms with van der Waals surface area (Å²) >= 11 is 0. The Bertz CT molecular complexity index is 750. The molecule has 0 radical (unpaired) electrons. The van der Waals surface area contributed by atoms with E-state index >= 15 is 0 Å². The van der Waals surface area contributed by atoms with E-state index in [1.807, 2.05) is 25.1 Å². The summed E-state index contributed by atoms with van der Waals surface area (Å²) in [6.45, 7) is 3.70. The topological polar surface area (TPSA) is 45.2 Å². The molecule has 3 rings (SSSR count). The highest BCUT2D eigenvalue weighted by Gasteiger charge is 2.37. The zero-order chi connectivity index (χ0) is 18.0. The molecule has 6 heteroatoms. The van der Waals surface area contributed by atoms with Gasteiger partial charge in [0.15, 0.2) is 11.6 Å². The lowest BCUT2D eigenvalue weighted by atomic mass is 10.1. The van der Waals surface area contributed by atoms with E-state index in [0.29, 0.717) is 5.56 Å². The van der Waals surface area contributed by atoms with Crippen molar-refractivity contribution in [3.05, 3.63) is 65.5 Å². The van der Waals surface area contributed by atoms with Gasteiger partial charge in [-0.3, -0.25) is 4.98 Å². The Balaban J connectivity index is 1.74. The zero-order valence-corrected chi connectivity index (χ0v) is 14.2. The van der Waals surface area contributed by atoms with Crippen molar-refractivity contribution in [1.29, 1.82) is 0 Å². The molecule has 132 valence electrons. The molecular weight excluding hydrogens is 324 g/mol. The first kappa shape index (κ1) is 17.3. The van der Waals surface area contributed by atoms with Crippen LogP contribution in [0.2, 0.25) is 0 Å². The molecule has 0 saturated heterocycles. The number of carbonyl (C=O) groups excluding carboxylic acids is 1. The van der Waals surface area contributed by atoms with Gasteiger partial charge >= 0.3 is 6.03 Å². The molecule has 1 saturated carbocycles. The van der Waals surface area contributed by atoms with Crippen LogP contribution in [0.15, 0.2) is 42.6 Å². The predicted octanol–water partition coefficient (Wildman–Crippen LogP) is 4.36. The molecule has 1 fully saturated rings. The van der Waals surface area contributed by atoms with E-state index in [9.17, 15) is 13.6 Å². The highest BCUT2D eigenvalue weighted by atomic mass is 19.2. The number of rotatable bonds is 5. The smallest absolute Gasteiger partial charge is 0.318 e. The second kappa shape index (κ2) is 7.17. The van der Waals surface area contributed by atoms with Crippen LogP contribution in [0.5, 0.6) is 0 Å². The van der Waals surface area contributed by atoms with E-state index < -0.39 is 17.7 Å². The molecule has 1 aromatic heterocycles. The molecule has 1 aromatic carbocycles. The maximum atomic E-state index is 13.4. The van der Waals surface area contributed by atoms with Gasteiger partial charge in [-0.2, -0.15) is 0 Å². The van der Waals surface area contributed by atoms with Crippen molar-refractivity contribution in [2.75, 3.05) is 0 Å². The molecule has 0 spiro atoms. The fourth-order valence-corrected chi connectivity index (χ4v) is 2.90. The molecule has 1 aliphatic rings. The van der Waals surface area contributed by atoms with Gasteiger partial charge in [0.25, 0.3) is 0 Å². The van der Waals surface area contributed by atoms with Crippen molar-refractivity contribution < 1.29 is 13.6 Å². The molecule has 2 atom stereocenters. The summed E-state index contributed by atoms with van der Waals surface area (Å²) in [6.07, 6.45) is 3.63. The van der Waals surface area contributed by atoms with Gasteiger partial charge in [0.1, 0.15) is 0 Å². The normalized spacial score (nSPS) is 16.2. The lowest BCUT2D eigenvalue weighted by Gasteiger charge is -2.30. The lowest BCUT2D eigenvalue weighted by Crippen LogP contribution is -2.44. The van der Waals surface area contributed by atoms with Gasteiger partial charge in [0, 0.05) is 12.2 Å². The number of nitrogens with one attached hydrogen (secondary N) is 1. The minimum atomic E-state index is -0.917. The van der Waals surface area contributed by atoms with Crippen LogP contribution in [0.1, 0.15) is 50.0 Å². The summed E-state index contributed by atoms with van der Waals surface area (Å²) in [4.78, 5) is 18.9. The number of carbonyl (C=O) groups is 1. The van der Waals surface area contributed by atoms with Crippen LogP contribution in [-0.2, 0) is 0 Å². The number of halogens is 2. The Labute approximate surface area is 145 Å². The highest BCUT2D eigenvalue weighted by molar-refractivity contribution is 5.76. The van der Waals surface area contributed by atoms with Gasteiger partial charge < -0.3 is 10.2 Å². The van der Waals surface area contributed by atoms with Crippen LogP contribution in [0.3, 0.4) is 0 Å². The SMILES string of the molecule is C[C@H](NC(=O)N(C1CC1)[C@@H](C)c1ccccn1)c1ccc(F)c(F)c1. The van der Waals surface area contributed by atoms with Crippen molar-refractivity contribution in [1.82, 2.24) is 15.2 Å². The molecule has 0 aliphatic heterocycles. The summed E-state index contributed by atoms with van der Waals surface area (Å²) in [5.41, 5.74) is 1.35. The third kappa shape index (κ3) is 3.95. The first-order valence-corrected chi connectivity index (χ1v) is 8.42. The monoisotopic (exact) mass is 345 g/mol. The second-order valence-corrected chi connectivity index (χ2v) is 6.41. The van der Waals surface area contributed by atoms with E-state index in [0.717, 1.165) is 30.7 Å². The van der Waals surface area contributed by atoms with Gasteiger partial charge in [-0.05, 0) is 56.5 Å². The van der Waals surface area contributed by atoms with Gasteiger partial charge in [0.05, 0.1) is 17.8 Å². The molecule has 0 bridgehead atoms. The van der Waals surface area contributed by atoms with Crippen LogP contribution >= 0.6 is 0 Å². The molecule has 1 heterocycles. The molecule has 2 amide bonds. The standard InChI is InChI=1S/C19H21F2N3O/c1-12(14-6-9-16(20)17(21)11-14)23-19(25)24(15-7-8-15)13(2)18-5-3-4-10-22-18/h3-6,9-13,15H,7-8H2,1-2H3,(H,23,25)/t12-,13-/m0/s1. The summed E-state index contributed by atoms with van der Waals surface area (Å²) in [6, 6.07) is 8.66. The van der Waals surface area contributed by atoms with Crippen molar-refractivity contribution in [3.8, 4) is 0 Å². The maximum Gasteiger partial charge on any atom is 0.318 e. The van der Waals surface area contributed by atoms with E-state index in [1.165, 1.54) is 6.07 Å². The quantitative estimate of drug-likeness (QED) is 0.875. The minimum Gasteiger partial charge on any atom is -0.331 e. The number of urea groups is 1. The lowest BCUT2D eigenvalue weighted by molar-refractivity contribution is 0.170. The average Bonchev–Trinajstić information content (AvgIpc) is 3.43. The fourth-order valence-electron chi connectivity index (χ4n) is 2.90. The number of hydrogen-bond acceptors (Lipinski definition) is 2. The average molecular weight is 345 g/mol. The molecule has 0 unspecified atom stereocenters. The molecule has 2 aromatic rings. The van der Waals surface area contributed by atoms with Crippen molar-refractivity contribution in [2.45, 2.75) is 44.8 Å². The predicted molar refractivity (Wildman–Crippen MR) is 90.8 cm³/mol. The number of benzene rings is 1. The van der Waals surface area contributed by atoms with Crippen molar-refractivity contribution in [2.24, 2.45) is 0 Å². The maximum absolute atomic E-state index is 13.4. The van der Waals surface area contributed by atoms with Gasteiger partial charge in [0.2, 0.25) is 0 Å². The Kier molecular flexibility index (Phi) is 4.97. The van der Waals surface area contributed by atoms with Crippen LogP contribution in [0.4, 0.5) is 13.6 Å². The summed E-state index contributed by atoms with van der Waals surface area (Å²) in [5, 5.41) is 2.89. The van der Waals surface area contributed by atoms with Gasteiger partial charge in [-0.25, -0.2) is 13.6 Å². The largest absolute Gasteiger partial charge is 0.331 e. The van der Waals surface area contributed by atoms with Gasteiger partial charge in [-0.1, -0.05) is 12.1 Å².